The number of hydrogen-bond donors (Lipinski definition) is 0. The third-order valence-electron chi connectivity index (χ3n) is 12.7. The van der Waals surface area contributed by atoms with E-state index < -0.39 is 0 Å². The van der Waals surface area contributed by atoms with Gasteiger partial charge in [0.25, 0.3) is 0 Å². The highest BCUT2D eigenvalue weighted by Crippen LogP contribution is 2.52. The van der Waals surface area contributed by atoms with Crippen LogP contribution in [0.3, 0.4) is 0 Å². The van der Waals surface area contributed by atoms with Gasteiger partial charge in [0.05, 0.1) is 5.69 Å². The molecular weight excluding hydrogens is 745 g/mol. The van der Waals surface area contributed by atoms with Crippen LogP contribution in [0.15, 0.2) is 186 Å². The predicted octanol–water partition coefficient (Wildman–Crippen LogP) is 14.9. The van der Waals surface area contributed by atoms with Crippen LogP contribution in [-0.4, -0.2) is 15.0 Å². The third-order valence-corrected chi connectivity index (χ3v) is 12.7. The Kier molecular flexibility index (Phi) is 7.94. The number of fused-ring (bicyclic) bond motifs is 9. The van der Waals surface area contributed by atoms with Gasteiger partial charge in [0.1, 0.15) is 11.2 Å². The highest BCUT2D eigenvalue weighted by atomic mass is 16.3. The predicted molar refractivity (Wildman–Crippen MR) is 252 cm³/mol. The van der Waals surface area contributed by atoms with Crippen molar-refractivity contribution in [2.45, 2.75) is 32.1 Å². The van der Waals surface area contributed by atoms with Crippen LogP contribution >= 0.6 is 0 Å². The van der Waals surface area contributed by atoms with E-state index in [4.69, 9.17) is 19.4 Å². The molecule has 0 N–H and O–H groups in total. The molecule has 0 saturated heterocycles. The van der Waals surface area contributed by atoms with Gasteiger partial charge in [-0.15, -0.1) is 0 Å². The van der Waals surface area contributed by atoms with Gasteiger partial charge >= 0.3 is 0 Å². The van der Waals surface area contributed by atoms with Crippen LogP contribution in [0.25, 0.3) is 83.0 Å². The second-order valence-corrected chi connectivity index (χ2v) is 16.7. The summed E-state index contributed by atoms with van der Waals surface area (Å²) in [6, 6.07) is 58.4. The lowest BCUT2D eigenvalue weighted by Crippen LogP contribution is -2.16. The molecule has 2 aromatic heterocycles. The third kappa shape index (κ3) is 5.65. The Labute approximate surface area is 354 Å². The molecule has 2 aliphatic rings. The first-order chi connectivity index (χ1) is 30.0. The molecule has 0 unspecified atom stereocenters. The van der Waals surface area contributed by atoms with Crippen molar-refractivity contribution in [2.75, 3.05) is 4.90 Å². The first-order valence-corrected chi connectivity index (χ1v) is 21.1. The minimum atomic E-state index is -0.141. The van der Waals surface area contributed by atoms with E-state index in [-0.39, 0.29) is 5.41 Å². The average molecular weight is 785 g/mol. The smallest absolute Gasteiger partial charge is 0.164 e. The summed E-state index contributed by atoms with van der Waals surface area (Å²) in [6.07, 6.45) is 8.52. The van der Waals surface area contributed by atoms with E-state index in [2.05, 4.69) is 195 Å². The van der Waals surface area contributed by atoms with E-state index in [0.29, 0.717) is 17.5 Å². The zero-order valence-electron chi connectivity index (χ0n) is 33.9. The lowest BCUT2D eigenvalue weighted by atomic mass is 9.82. The van der Waals surface area contributed by atoms with Crippen LogP contribution in [0.2, 0.25) is 0 Å². The Hall–Kier alpha value is -7.63. The molecule has 5 nitrogen and oxygen atoms in total. The summed E-state index contributed by atoms with van der Waals surface area (Å²) in [7, 11) is 0. The minimum absolute atomic E-state index is 0.141. The number of nitrogens with zero attached hydrogens (tertiary/aromatic N) is 4. The van der Waals surface area contributed by atoms with Crippen molar-refractivity contribution >= 4 is 66.1 Å². The van der Waals surface area contributed by atoms with Gasteiger partial charge < -0.3 is 9.32 Å². The zero-order chi connectivity index (χ0) is 40.7. The average Bonchev–Trinajstić information content (AvgIpc) is 3.81. The summed E-state index contributed by atoms with van der Waals surface area (Å²) < 4.78 is 6.92. The Morgan fingerprint density at radius 1 is 0.508 bits per heavy atom. The van der Waals surface area contributed by atoms with E-state index >= 15 is 0 Å². The second-order valence-electron chi connectivity index (χ2n) is 16.7. The summed E-state index contributed by atoms with van der Waals surface area (Å²) in [6.45, 7) is 4.68. The van der Waals surface area contributed by atoms with Crippen LogP contribution in [0.5, 0.6) is 0 Å². The van der Waals surface area contributed by atoms with Crippen LogP contribution in [0, 0.1) is 0 Å². The maximum atomic E-state index is 6.92. The van der Waals surface area contributed by atoms with E-state index in [1.54, 1.807) is 0 Å². The van der Waals surface area contributed by atoms with Crippen molar-refractivity contribution in [2.24, 2.45) is 0 Å². The highest BCUT2D eigenvalue weighted by molar-refractivity contribution is 6.25. The molecule has 0 spiro atoms. The van der Waals surface area contributed by atoms with Crippen molar-refractivity contribution in [1.29, 1.82) is 0 Å². The van der Waals surface area contributed by atoms with E-state index in [1.165, 1.54) is 27.6 Å². The summed E-state index contributed by atoms with van der Waals surface area (Å²) in [5.74, 6) is 1.92. The van der Waals surface area contributed by atoms with Crippen molar-refractivity contribution in [1.82, 2.24) is 15.0 Å². The van der Waals surface area contributed by atoms with E-state index in [1.807, 2.05) is 6.07 Å². The van der Waals surface area contributed by atoms with Crippen molar-refractivity contribution in [3.05, 3.63) is 199 Å². The van der Waals surface area contributed by atoms with Crippen molar-refractivity contribution < 1.29 is 4.42 Å². The number of hydrogen-bond acceptors (Lipinski definition) is 5. The molecule has 0 atom stereocenters. The van der Waals surface area contributed by atoms with Gasteiger partial charge in [0.15, 0.2) is 17.5 Å². The van der Waals surface area contributed by atoms with E-state index in [0.717, 1.165) is 84.7 Å². The number of allylic oxidation sites excluding steroid dienone is 4. The zero-order valence-corrected chi connectivity index (χ0v) is 33.9. The molecule has 10 aromatic rings. The molecule has 8 aromatic carbocycles. The molecule has 0 fully saturated rings. The first kappa shape index (κ1) is 35.3. The summed E-state index contributed by atoms with van der Waals surface area (Å²) in [5, 5.41) is 6.55. The fourth-order valence-electron chi connectivity index (χ4n) is 9.73. The summed E-state index contributed by atoms with van der Waals surface area (Å²) >= 11 is 0. The Morgan fingerprint density at radius 3 is 2.11 bits per heavy atom. The van der Waals surface area contributed by atoms with E-state index in [9.17, 15) is 0 Å². The molecule has 2 aliphatic carbocycles. The lowest BCUT2D eigenvalue weighted by molar-refractivity contribution is 0.660. The number of rotatable bonds is 6. The van der Waals surface area contributed by atoms with Gasteiger partial charge in [-0.2, -0.15) is 0 Å². The molecular formula is C56H40N4O. The molecule has 0 amide bonds. The number of anilines is 3. The van der Waals surface area contributed by atoms with Crippen molar-refractivity contribution in [3.8, 4) is 33.9 Å². The normalized spacial score (nSPS) is 14.1. The highest BCUT2D eigenvalue weighted by Gasteiger charge is 2.36. The fourth-order valence-corrected chi connectivity index (χ4v) is 9.73. The monoisotopic (exact) mass is 784 g/mol. The topological polar surface area (TPSA) is 55.1 Å². The SMILES string of the molecule is CC1(C)c2ccccc2-c2ccc(N(c3ccccc3)c3cc4oc5cccc(-c6nc(C7=CCCC=C7)nc(-c7ccc8ccccc8c7)n6)c5c4c4ccccc34)cc21. The first-order valence-electron chi connectivity index (χ1n) is 21.1. The lowest BCUT2D eigenvalue weighted by Gasteiger charge is -2.29. The van der Waals surface area contributed by atoms with Gasteiger partial charge in [-0.05, 0) is 87.7 Å². The standard InChI is InChI=1S/C56H40N4O/c1-56(2)46-26-14-13-22-41(46)42-31-30-40(33-47(42)56)60(39-20-7-4-8-21-39)48-34-50-51(44-24-12-11-23-43(44)48)52-45(25-15-27-49(52)61-50)55-58-53(36-17-5-3-6-18-36)57-54(59-55)38-29-28-35-16-9-10-19-37(35)32-38/h4-5,7-34H,3,6H2,1-2H3. The molecule has 61 heavy (non-hydrogen) atoms. The number of furan rings is 1. The summed E-state index contributed by atoms with van der Waals surface area (Å²) in [5.41, 5.74) is 12.8. The molecule has 2 heterocycles. The number of aromatic nitrogens is 3. The Bertz CT molecular complexity index is 3470. The van der Waals surface area contributed by atoms with Gasteiger partial charge in [-0.1, -0.05) is 153 Å². The van der Waals surface area contributed by atoms with Gasteiger partial charge in [0, 0.05) is 55.7 Å². The fraction of sp³-hybridized carbons (Fsp3) is 0.0893. The van der Waals surface area contributed by atoms with Gasteiger partial charge in [-0.3, -0.25) is 0 Å². The Balaban J connectivity index is 1.08. The van der Waals surface area contributed by atoms with Crippen LogP contribution in [0.1, 0.15) is 43.6 Å². The minimum Gasteiger partial charge on any atom is -0.456 e. The Morgan fingerprint density at radius 2 is 1.25 bits per heavy atom. The maximum Gasteiger partial charge on any atom is 0.164 e. The van der Waals surface area contributed by atoms with Gasteiger partial charge in [0.2, 0.25) is 0 Å². The molecule has 0 saturated carbocycles. The van der Waals surface area contributed by atoms with Crippen LogP contribution < -0.4 is 4.90 Å². The molecule has 5 heteroatoms. The van der Waals surface area contributed by atoms with Gasteiger partial charge in [-0.25, -0.2) is 15.0 Å². The largest absolute Gasteiger partial charge is 0.456 e. The molecule has 12 rings (SSSR count). The molecule has 0 aliphatic heterocycles. The second kappa shape index (κ2) is 13.7. The molecule has 290 valence electrons. The maximum absolute atomic E-state index is 6.92. The summed E-state index contributed by atoms with van der Waals surface area (Å²) in [4.78, 5) is 18.0. The quantitative estimate of drug-likeness (QED) is 0.168. The van der Waals surface area contributed by atoms with Crippen molar-refractivity contribution in [3.63, 3.8) is 0 Å². The molecule has 0 bridgehead atoms. The number of para-hydroxylation sites is 1. The van der Waals surface area contributed by atoms with Crippen LogP contribution in [0.4, 0.5) is 17.1 Å². The van der Waals surface area contributed by atoms with Crippen LogP contribution in [-0.2, 0) is 5.41 Å². The number of benzene rings is 8. The molecule has 0 radical (unpaired) electrons.